The molecule has 5 nitrogen and oxygen atoms in total. The third-order valence-electron chi connectivity index (χ3n) is 3.95. The van der Waals surface area contributed by atoms with Crippen LogP contribution >= 0.6 is 0 Å². The number of amides is 1. The van der Waals surface area contributed by atoms with Crippen LogP contribution in [0.4, 0.5) is 0 Å². The zero-order valence-corrected chi connectivity index (χ0v) is 13.1. The number of carbonyl (C=O) groups excluding carboxylic acids is 1. The highest BCUT2D eigenvalue weighted by Gasteiger charge is 2.12. The molecule has 120 valence electrons. The van der Waals surface area contributed by atoms with Crippen molar-refractivity contribution >= 4 is 5.91 Å². The molecule has 1 aromatic heterocycles. The van der Waals surface area contributed by atoms with E-state index >= 15 is 0 Å². The summed E-state index contributed by atoms with van der Waals surface area (Å²) in [5.74, 6) is 0.712. The minimum atomic E-state index is -0.0790. The van der Waals surface area contributed by atoms with Gasteiger partial charge in [-0.2, -0.15) is 0 Å². The summed E-state index contributed by atoms with van der Waals surface area (Å²) in [6, 6.07) is 9.54. The van der Waals surface area contributed by atoms with E-state index < -0.39 is 0 Å². The monoisotopic (exact) mass is 311 g/mol. The number of hydrogen-bond acceptors (Lipinski definition) is 4. The fraction of sp³-hybridized carbons (Fsp3) is 0.389. The lowest BCUT2D eigenvalue weighted by Gasteiger charge is -2.12. The van der Waals surface area contributed by atoms with Crippen LogP contribution in [-0.4, -0.2) is 22.6 Å². The quantitative estimate of drug-likeness (QED) is 0.831. The second-order valence-corrected chi connectivity index (χ2v) is 5.75. The van der Waals surface area contributed by atoms with Gasteiger partial charge in [-0.05, 0) is 44.2 Å². The first-order chi connectivity index (χ1) is 11.3. The molecule has 1 amide bonds. The Hall–Kier alpha value is -2.43. The molecule has 5 heteroatoms. The van der Waals surface area contributed by atoms with Crippen LogP contribution < -0.4 is 5.32 Å². The number of rotatable bonds is 6. The number of carbonyl (C=O) groups is 1. The molecule has 1 N–H and O–H groups in total. The minimum Gasteiger partial charge on any atom is -0.420 e. The maximum absolute atomic E-state index is 11.9. The lowest BCUT2D eigenvalue weighted by atomic mass is 9.97. The maximum atomic E-state index is 11.9. The topological polar surface area (TPSA) is 68.0 Å². The number of hydrogen-bond donors (Lipinski definition) is 1. The van der Waals surface area contributed by atoms with Gasteiger partial charge in [-0.15, -0.1) is 10.2 Å². The number of nitrogens with zero attached hydrogens (tertiary/aromatic N) is 2. The summed E-state index contributed by atoms with van der Waals surface area (Å²) < 4.78 is 5.54. The highest BCUT2D eigenvalue weighted by atomic mass is 16.4. The van der Waals surface area contributed by atoms with Gasteiger partial charge in [0.15, 0.2) is 0 Å². The lowest BCUT2D eigenvalue weighted by Crippen LogP contribution is -2.26. The number of benzene rings is 1. The van der Waals surface area contributed by atoms with Gasteiger partial charge in [0.05, 0.1) is 0 Å². The molecule has 1 aromatic carbocycles. The van der Waals surface area contributed by atoms with Crippen LogP contribution in [0.5, 0.6) is 0 Å². The molecule has 3 rings (SSSR count). The van der Waals surface area contributed by atoms with Crippen LogP contribution in [0.1, 0.15) is 38.0 Å². The molecule has 1 aliphatic rings. The fourth-order valence-electron chi connectivity index (χ4n) is 2.72. The summed E-state index contributed by atoms with van der Waals surface area (Å²) >= 11 is 0. The molecular weight excluding hydrogens is 290 g/mol. The van der Waals surface area contributed by atoms with Crippen LogP contribution in [0.15, 0.2) is 46.4 Å². The molecule has 1 heterocycles. The molecule has 0 spiro atoms. The minimum absolute atomic E-state index is 0.0790. The summed E-state index contributed by atoms with van der Waals surface area (Å²) in [5.41, 5.74) is 2.32. The third kappa shape index (κ3) is 4.52. The predicted octanol–water partition coefficient (Wildman–Crippen LogP) is 3.29. The zero-order chi connectivity index (χ0) is 15.9. The normalized spacial score (nSPS) is 14.3. The summed E-state index contributed by atoms with van der Waals surface area (Å²) in [6.45, 7) is 0.671. The molecule has 23 heavy (non-hydrogen) atoms. The fourth-order valence-corrected chi connectivity index (χ4v) is 2.72. The van der Waals surface area contributed by atoms with Crippen molar-refractivity contribution in [2.75, 3.05) is 6.54 Å². The Balaban J connectivity index is 1.46. The molecule has 0 atom stereocenters. The van der Waals surface area contributed by atoms with Crippen molar-refractivity contribution < 1.29 is 9.21 Å². The van der Waals surface area contributed by atoms with Crippen molar-refractivity contribution in [1.29, 1.82) is 0 Å². The SMILES string of the molecule is O=C(Cc1nnc(-c2ccccc2)o1)NCCC1=CCCCC1. The lowest BCUT2D eigenvalue weighted by molar-refractivity contribution is -0.120. The van der Waals surface area contributed by atoms with Crippen molar-refractivity contribution in [3.63, 3.8) is 0 Å². The largest absolute Gasteiger partial charge is 0.420 e. The molecule has 0 bridgehead atoms. The Morgan fingerprint density at radius 3 is 2.83 bits per heavy atom. The van der Waals surface area contributed by atoms with Crippen molar-refractivity contribution in [1.82, 2.24) is 15.5 Å². The first-order valence-electron chi connectivity index (χ1n) is 8.13. The average Bonchev–Trinajstić information content (AvgIpc) is 3.05. The zero-order valence-electron chi connectivity index (χ0n) is 13.1. The molecule has 2 aromatic rings. The van der Waals surface area contributed by atoms with E-state index in [4.69, 9.17) is 4.42 Å². The standard InChI is InChI=1S/C18H21N3O2/c22-16(19-12-11-14-7-3-1-4-8-14)13-17-20-21-18(23-17)15-9-5-2-6-10-15/h2,5-7,9-10H,1,3-4,8,11-13H2,(H,19,22). The van der Waals surface area contributed by atoms with E-state index in [1.165, 1.54) is 31.3 Å². The van der Waals surface area contributed by atoms with Crippen molar-refractivity contribution in [2.45, 2.75) is 38.5 Å². The van der Waals surface area contributed by atoms with E-state index in [0.717, 1.165) is 12.0 Å². The van der Waals surface area contributed by atoms with E-state index in [0.29, 0.717) is 18.3 Å². The van der Waals surface area contributed by atoms with Crippen LogP contribution in [0.2, 0.25) is 0 Å². The maximum Gasteiger partial charge on any atom is 0.247 e. The van der Waals surface area contributed by atoms with Gasteiger partial charge < -0.3 is 9.73 Å². The van der Waals surface area contributed by atoms with Crippen molar-refractivity contribution in [3.05, 3.63) is 47.9 Å². The van der Waals surface area contributed by atoms with E-state index in [1.807, 2.05) is 30.3 Å². The highest BCUT2D eigenvalue weighted by molar-refractivity contribution is 5.77. The first-order valence-corrected chi connectivity index (χ1v) is 8.13. The molecule has 0 saturated heterocycles. The van der Waals surface area contributed by atoms with Gasteiger partial charge in [0.2, 0.25) is 17.7 Å². The van der Waals surface area contributed by atoms with Gasteiger partial charge in [-0.1, -0.05) is 29.8 Å². The Kier molecular flexibility index (Phi) is 5.19. The number of nitrogens with one attached hydrogen (secondary N) is 1. The first kappa shape index (κ1) is 15.5. The van der Waals surface area contributed by atoms with Gasteiger partial charge >= 0.3 is 0 Å². The molecule has 0 saturated carbocycles. The summed E-state index contributed by atoms with van der Waals surface area (Å²) in [5, 5.41) is 10.8. The van der Waals surface area contributed by atoms with E-state index in [2.05, 4.69) is 21.6 Å². The highest BCUT2D eigenvalue weighted by Crippen LogP contribution is 2.19. The Labute approximate surface area is 135 Å². The van der Waals surface area contributed by atoms with Gasteiger partial charge in [-0.25, -0.2) is 0 Å². The van der Waals surface area contributed by atoms with Crippen molar-refractivity contribution in [3.8, 4) is 11.5 Å². The van der Waals surface area contributed by atoms with E-state index in [-0.39, 0.29) is 12.3 Å². The molecule has 0 aliphatic heterocycles. The van der Waals surface area contributed by atoms with Crippen molar-refractivity contribution in [2.24, 2.45) is 0 Å². The second-order valence-electron chi connectivity index (χ2n) is 5.75. The second kappa shape index (κ2) is 7.72. The van der Waals surface area contributed by atoms with Crippen LogP contribution in [0.25, 0.3) is 11.5 Å². The third-order valence-corrected chi connectivity index (χ3v) is 3.95. The Morgan fingerprint density at radius 1 is 1.17 bits per heavy atom. The Bertz CT molecular complexity index is 677. The van der Waals surface area contributed by atoms with Gasteiger partial charge in [0.1, 0.15) is 6.42 Å². The van der Waals surface area contributed by atoms with E-state index in [1.54, 1.807) is 0 Å². The molecule has 0 radical (unpaired) electrons. The smallest absolute Gasteiger partial charge is 0.247 e. The van der Waals surface area contributed by atoms with Crippen LogP contribution in [-0.2, 0) is 11.2 Å². The Morgan fingerprint density at radius 2 is 2.04 bits per heavy atom. The summed E-state index contributed by atoms with van der Waals surface area (Å²) in [4.78, 5) is 11.9. The van der Waals surface area contributed by atoms with E-state index in [9.17, 15) is 4.79 Å². The summed E-state index contributed by atoms with van der Waals surface area (Å²) in [7, 11) is 0. The number of aromatic nitrogens is 2. The van der Waals surface area contributed by atoms with Crippen LogP contribution in [0.3, 0.4) is 0 Å². The summed E-state index contributed by atoms with van der Waals surface area (Å²) in [6.07, 6.45) is 8.26. The molecule has 0 fully saturated rings. The van der Waals surface area contributed by atoms with Gasteiger partial charge in [0, 0.05) is 12.1 Å². The average molecular weight is 311 g/mol. The molecular formula is C18H21N3O2. The van der Waals surface area contributed by atoms with Gasteiger partial charge in [-0.3, -0.25) is 4.79 Å². The molecule has 1 aliphatic carbocycles. The molecule has 0 unspecified atom stereocenters. The van der Waals surface area contributed by atoms with Crippen LogP contribution in [0, 0.1) is 0 Å². The number of allylic oxidation sites excluding steroid dienone is 1. The van der Waals surface area contributed by atoms with Gasteiger partial charge in [0.25, 0.3) is 0 Å². The predicted molar refractivity (Wildman–Crippen MR) is 87.6 cm³/mol.